The first-order chi connectivity index (χ1) is 15.0. The van der Waals surface area contributed by atoms with E-state index in [9.17, 15) is 22.8 Å². The highest BCUT2D eigenvalue weighted by Crippen LogP contribution is 2.26. The molecule has 174 valence electrons. The molecule has 1 aliphatic heterocycles. The molecule has 1 atom stereocenters. The number of aromatic nitrogens is 4. The molecule has 0 radical (unpaired) electrons. The molecule has 0 spiro atoms. The predicted octanol–water partition coefficient (Wildman–Crippen LogP) is 0.782. The molecule has 0 aromatic carbocycles. The number of hydrogen-bond donors (Lipinski definition) is 1. The number of alkyl halides is 3. The van der Waals surface area contributed by atoms with Gasteiger partial charge in [-0.25, -0.2) is 4.79 Å². The number of hydrogen-bond acceptors (Lipinski definition) is 8. The van der Waals surface area contributed by atoms with E-state index in [-0.39, 0.29) is 48.9 Å². The number of anilines is 1. The lowest BCUT2D eigenvalue weighted by molar-refractivity contribution is -0.205. The van der Waals surface area contributed by atoms with Crippen LogP contribution in [0.5, 0.6) is 6.01 Å². The molecule has 2 aromatic rings. The lowest BCUT2D eigenvalue weighted by Gasteiger charge is -2.36. The van der Waals surface area contributed by atoms with Gasteiger partial charge in [0.05, 0.1) is 19.2 Å². The summed E-state index contributed by atoms with van der Waals surface area (Å²) in [6.45, 7) is 5.72. The van der Waals surface area contributed by atoms with Crippen LogP contribution in [-0.2, 0) is 23.1 Å². The Morgan fingerprint density at radius 3 is 2.69 bits per heavy atom. The van der Waals surface area contributed by atoms with Crippen molar-refractivity contribution in [3.8, 4) is 17.9 Å². The quantitative estimate of drug-likeness (QED) is 0.520. The first-order valence-electron chi connectivity index (χ1n) is 9.83. The topological polar surface area (TPSA) is 104 Å². The first-order valence-corrected chi connectivity index (χ1v) is 9.83. The Morgan fingerprint density at radius 2 is 2.06 bits per heavy atom. The van der Waals surface area contributed by atoms with Crippen LogP contribution < -0.4 is 20.5 Å². The highest BCUT2D eigenvalue weighted by molar-refractivity contribution is 5.77. The summed E-state index contributed by atoms with van der Waals surface area (Å²) in [5.41, 5.74) is -0.293. The fourth-order valence-electron chi connectivity index (χ4n) is 3.18. The normalized spacial score (nSPS) is 16.8. The zero-order chi connectivity index (χ0) is 23.6. The summed E-state index contributed by atoms with van der Waals surface area (Å²) >= 11 is 0. The number of nitrogens with one attached hydrogen (secondary N) is 1. The Balaban J connectivity index is 2.14. The number of carbonyl (C=O) groups excluding carboxylic acids is 1. The minimum absolute atomic E-state index is 0.0352. The van der Waals surface area contributed by atoms with Crippen molar-refractivity contribution >= 4 is 23.1 Å². The molecule has 1 saturated heterocycles. The molecule has 1 fully saturated rings. The molecule has 1 unspecified atom stereocenters. The number of halogens is 3. The molecule has 2 aromatic heterocycles. The zero-order valence-electron chi connectivity index (χ0n) is 18.0. The van der Waals surface area contributed by atoms with Crippen LogP contribution in [-0.4, -0.2) is 63.2 Å². The van der Waals surface area contributed by atoms with Crippen LogP contribution in [0.3, 0.4) is 0 Å². The summed E-state index contributed by atoms with van der Waals surface area (Å²) < 4.78 is 51.3. The second-order valence-electron chi connectivity index (χ2n) is 7.28. The maximum absolute atomic E-state index is 13.1. The molecular formula is C19H23F3N6O4. The molecule has 1 N–H and O–H groups in total. The monoisotopic (exact) mass is 456 g/mol. The van der Waals surface area contributed by atoms with E-state index >= 15 is 0 Å². The molecule has 3 heterocycles. The van der Waals surface area contributed by atoms with Gasteiger partial charge in [-0.2, -0.15) is 23.1 Å². The number of ether oxygens (including phenoxy) is 2. The number of fused-ring (bicyclic) bond motifs is 1. The lowest BCUT2D eigenvalue weighted by atomic mass is 10.3. The van der Waals surface area contributed by atoms with Gasteiger partial charge in [-0.15, -0.1) is 5.92 Å². The third kappa shape index (κ3) is 4.64. The van der Waals surface area contributed by atoms with Crippen LogP contribution in [0.15, 0.2) is 4.79 Å². The van der Waals surface area contributed by atoms with E-state index in [4.69, 9.17) is 9.47 Å². The van der Waals surface area contributed by atoms with Crippen molar-refractivity contribution in [3.05, 3.63) is 10.4 Å². The lowest BCUT2D eigenvalue weighted by Crippen LogP contribution is -2.55. The largest absolute Gasteiger partial charge is 0.491 e. The smallest absolute Gasteiger partial charge is 0.462 e. The summed E-state index contributed by atoms with van der Waals surface area (Å²) in [5, 5.41) is 2.89. The second kappa shape index (κ2) is 9.07. The predicted molar refractivity (Wildman–Crippen MR) is 108 cm³/mol. The van der Waals surface area contributed by atoms with Gasteiger partial charge in [0.1, 0.15) is 0 Å². The van der Waals surface area contributed by atoms with Crippen molar-refractivity contribution in [1.29, 1.82) is 0 Å². The maximum Gasteiger partial charge on any atom is 0.491 e. The van der Waals surface area contributed by atoms with Gasteiger partial charge in [-0.1, -0.05) is 5.92 Å². The van der Waals surface area contributed by atoms with E-state index in [1.807, 2.05) is 0 Å². The van der Waals surface area contributed by atoms with Crippen molar-refractivity contribution in [2.24, 2.45) is 7.05 Å². The Hall–Kier alpha value is -3.27. The highest BCUT2D eigenvalue weighted by Gasteiger charge is 2.44. The van der Waals surface area contributed by atoms with Crippen molar-refractivity contribution < 1.29 is 27.4 Å². The summed E-state index contributed by atoms with van der Waals surface area (Å²) in [7, 11) is 1.49. The average Bonchev–Trinajstić information content (AvgIpc) is 3.07. The van der Waals surface area contributed by atoms with Gasteiger partial charge in [-0.05, 0) is 20.8 Å². The van der Waals surface area contributed by atoms with Gasteiger partial charge >= 0.3 is 18.2 Å². The Morgan fingerprint density at radius 1 is 1.34 bits per heavy atom. The van der Waals surface area contributed by atoms with Crippen LogP contribution in [0.25, 0.3) is 11.2 Å². The number of carbonyl (C=O) groups is 1. The van der Waals surface area contributed by atoms with Crippen LogP contribution in [0.1, 0.15) is 20.8 Å². The standard InChI is InChI=1S/C19H23F3N6O4/c1-5-6-8-28-13-14(25-18(31-11(2)3)26(4)15(13)29)24-17(28)27-9-7-23-10-12(27)32-16(30)19(20,21)22/h11-12,23H,7-10H2,1-4H3. The number of imidazole rings is 1. The third-order valence-electron chi connectivity index (χ3n) is 4.61. The third-order valence-corrected chi connectivity index (χ3v) is 4.61. The molecule has 0 bridgehead atoms. The Kier molecular flexibility index (Phi) is 6.63. The summed E-state index contributed by atoms with van der Waals surface area (Å²) in [5.74, 6) is 3.36. The van der Waals surface area contributed by atoms with E-state index in [1.54, 1.807) is 20.8 Å². The van der Waals surface area contributed by atoms with Crippen molar-refractivity contribution in [3.63, 3.8) is 0 Å². The Bertz CT molecular complexity index is 1130. The number of piperazine rings is 1. The molecule has 1 aliphatic rings. The van der Waals surface area contributed by atoms with Crippen molar-refractivity contribution in [2.75, 3.05) is 24.5 Å². The molecule has 0 saturated carbocycles. The van der Waals surface area contributed by atoms with Crippen LogP contribution >= 0.6 is 0 Å². The van der Waals surface area contributed by atoms with Crippen LogP contribution in [0.4, 0.5) is 19.1 Å². The minimum atomic E-state index is -5.14. The Labute approximate surface area is 181 Å². The van der Waals surface area contributed by atoms with Gasteiger partial charge in [0.25, 0.3) is 5.56 Å². The van der Waals surface area contributed by atoms with Crippen LogP contribution in [0, 0.1) is 11.8 Å². The van der Waals surface area contributed by atoms with Gasteiger partial charge in [0, 0.05) is 20.1 Å². The van der Waals surface area contributed by atoms with Gasteiger partial charge < -0.3 is 19.7 Å². The maximum atomic E-state index is 13.1. The molecule has 3 rings (SSSR count). The minimum Gasteiger partial charge on any atom is -0.462 e. The molecular weight excluding hydrogens is 433 g/mol. The van der Waals surface area contributed by atoms with Crippen molar-refractivity contribution in [2.45, 2.75) is 45.8 Å². The van der Waals surface area contributed by atoms with E-state index in [0.717, 1.165) is 0 Å². The number of nitrogens with zero attached hydrogens (tertiary/aromatic N) is 5. The summed E-state index contributed by atoms with van der Waals surface area (Å²) in [6.07, 6.45) is -6.69. The van der Waals surface area contributed by atoms with Crippen LogP contribution in [0.2, 0.25) is 0 Å². The highest BCUT2D eigenvalue weighted by atomic mass is 19.4. The molecule has 0 aliphatic carbocycles. The van der Waals surface area contributed by atoms with E-state index in [0.29, 0.717) is 6.54 Å². The van der Waals surface area contributed by atoms with E-state index in [1.165, 1.54) is 21.1 Å². The van der Waals surface area contributed by atoms with Gasteiger partial charge in [-0.3, -0.25) is 13.9 Å². The zero-order valence-corrected chi connectivity index (χ0v) is 18.0. The molecule has 10 nitrogen and oxygen atoms in total. The molecule has 32 heavy (non-hydrogen) atoms. The molecule has 13 heteroatoms. The number of esters is 1. The van der Waals surface area contributed by atoms with E-state index in [2.05, 4.69) is 27.1 Å². The average molecular weight is 456 g/mol. The number of rotatable bonds is 5. The van der Waals surface area contributed by atoms with Gasteiger partial charge in [0.2, 0.25) is 5.95 Å². The molecule has 0 amide bonds. The fraction of sp³-hybridized carbons (Fsp3) is 0.579. The van der Waals surface area contributed by atoms with Crippen molar-refractivity contribution in [1.82, 2.24) is 24.4 Å². The van der Waals surface area contributed by atoms with Gasteiger partial charge in [0.15, 0.2) is 17.4 Å². The SMILES string of the molecule is CC#CCn1c(N2CCNCC2OC(=O)C(F)(F)F)nc2nc(OC(C)C)n(C)c(=O)c21. The summed E-state index contributed by atoms with van der Waals surface area (Å²) in [4.78, 5) is 34.6. The van der Waals surface area contributed by atoms with E-state index < -0.39 is 23.9 Å². The fourth-order valence-corrected chi connectivity index (χ4v) is 3.18. The summed E-state index contributed by atoms with van der Waals surface area (Å²) in [6, 6.07) is 0.0515. The first kappa shape index (κ1) is 23.4. The second-order valence-corrected chi connectivity index (χ2v) is 7.28.